The van der Waals surface area contributed by atoms with Gasteiger partial charge in [0.25, 0.3) is 0 Å². The molecule has 194 valence electrons. The molecule has 3 aromatic rings. The highest BCUT2D eigenvalue weighted by molar-refractivity contribution is 6.03. The van der Waals surface area contributed by atoms with E-state index in [0.29, 0.717) is 12.3 Å². The maximum absolute atomic E-state index is 13.7. The summed E-state index contributed by atoms with van der Waals surface area (Å²) in [5.74, 6) is 0.270. The van der Waals surface area contributed by atoms with Crippen molar-refractivity contribution in [3.63, 3.8) is 0 Å². The van der Waals surface area contributed by atoms with Gasteiger partial charge in [-0.3, -0.25) is 9.80 Å². The van der Waals surface area contributed by atoms with Gasteiger partial charge < -0.3 is 15.0 Å². The molecule has 7 heteroatoms. The van der Waals surface area contributed by atoms with Crippen LogP contribution in [-0.4, -0.2) is 50.8 Å². The number of benzene rings is 3. The number of methoxy groups -OCH3 is 1. The Bertz CT molecular complexity index is 1270. The van der Waals surface area contributed by atoms with Crippen LogP contribution in [0, 0.1) is 12.7 Å². The van der Waals surface area contributed by atoms with Crippen molar-refractivity contribution in [2.75, 3.05) is 55.0 Å². The summed E-state index contributed by atoms with van der Waals surface area (Å²) in [4.78, 5) is 20.1. The van der Waals surface area contributed by atoms with Crippen LogP contribution in [0.3, 0.4) is 0 Å². The maximum Gasteiger partial charge on any atom is 0.326 e. The van der Waals surface area contributed by atoms with Gasteiger partial charge in [-0.1, -0.05) is 36.4 Å². The fourth-order valence-electron chi connectivity index (χ4n) is 5.58. The number of rotatable bonds is 5. The topological polar surface area (TPSA) is 48.1 Å². The van der Waals surface area contributed by atoms with Crippen LogP contribution >= 0.6 is 0 Å². The first-order valence-corrected chi connectivity index (χ1v) is 13.0. The molecule has 37 heavy (non-hydrogen) atoms. The molecule has 0 saturated carbocycles. The van der Waals surface area contributed by atoms with Gasteiger partial charge in [0.2, 0.25) is 0 Å². The van der Waals surface area contributed by atoms with E-state index in [9.17, 15) is 9.18 Å². The van der Waals surface area contributed by atoms with E-state index >= 15 is 0 Å². The Labute approximate surface area is 218 Å². The van der Waals surface area contributed by atoms with Crippen LogP contribution in [0.5, 0.6) is 5.75 Å². The molecule has 1 unspecified atom stereocenters. The molecule has 0 aromatic heterocycles. The van der Waals surface area contributed by atoms with Gasteiger partial charge in [-0.05, 0) is 61.6 Å². The number of carbonyl (C=O) groups excluding carboxylic acids is 1. The minimum Gasteiger partial charge on any atom is -0.494 e. The molecule has 2 aliphatic heterocycles. The summed E-state index contributed by atoms with van der Waals surface area (Å²) in [6.45, 7) is 8.30. The van der Waals surface area contributed by atoms with Gasteiger partial charge in [-0.2, -0.15) is 0 Å². The van der Waals surface area contributed by atoms with E-state index in [2.05, 4.69) is 40.2 Å². The van der Waals surface area contributed by atoms with Crippen LogP contribution in [0.4, 0.5) is 26.2 Å². The number of piperazine rings is 1. The number of anilines is 3. The molecule has 1 atom stereocenters. The molecule has 0 spiro atoms. The minimum atomic E-state index is -0.294. The van der Waals surface area contributed by atoms with Gasteiger partial charge in [0.05, 0.1) is 18.5 Å². The molecule has 2 amide bonds. The second kappa shape index (κ2) is 10.8. The van der Waals surface area contributed by atoms with Gasteiger partial charge in [0.1, 0.15) is 11.6 Å². The number of amides is 2. The summed E-state index contributed by atoms with van der Waals surface area (Å²) in [6.07, 6.45) is 1.92. The number of nitrogens with zero attached hydrogens (tertiary/aromatic N) is 3. The normalized spacial score (nSPS) is 16.8. The van der Waals surface area contributed by atoms with E-state index in [1.807, 2.05) is 36.1 Å². The van der Waals surface area contributed by atoms with Gasteiger partial charge in [-0.15, -0.1) is 0 Å². The number of hydrogen-bond acceptors (Lipinski definition) is 4. The number of fused-ring (bicyclic) bond motifs is 1. The van der Waals surface area contributed by atoms with Crippen LogP contribution in [0.2, 0.25) is 0 Å². The van der Waals surface area contributed by atoms with Crippen LogP contribution in [0.1, 0.15) is 36.1 Å². The molecule has 0 radical (unpaired) electrons. The molecule has 2 aliphatic rings. The Balaban J connectivity index is 1.34. The Morgan fingerprint density at radius 2 is 1.78 bits per heavy atom. The fourth-order valence-corrected chi connectivity index (χ4v) is 5.58. The van der Waals surface area contributed by atoms with Gasteiger partial charge >= 0.3 is 6.03 Å². The molecule has 1 saturated heterocycles. The molecule has 0 bridgehead atoms. The van der Waals surface area contributed by atoms with E-state index in [1.165, 1.54) is 23.3 Å². The Morgan fingerprint density at radius 1 is 1.00 bits per heavy atom. The van der Waals surface area contributed by atoms with Crippen molar-refractivity contribution in [2.45, 2.75) is 32.7 Å². The second-order valence-electron chi connectivity index (χ2n) is 9.87. The van der Waals surface area contributed by atoms with Crippen LogP contribution in [0.15, 0.2) is 60.7 Å². The summed E-state index contributed by atoms with van der Waals surface area (Å²) in [7, 11) is 1.58. The zero-order valence-corrected chi connectivity index (χ0v) is 21.8. The maximum atomic E-state index is 13.7. The number of halogens is 1. The van der Waals surface area contributed by atoms with Crippen molar-refractivity contribution in [3.8, 4) is 5.75 Å². The molecule has 0 aliphatic carbocycles. The average Bonchev–Trinajstić information content (AvgIpc) is 2.93. The van der Waals surface area contributed by atoms with E-state index in [0.717, 1.165) is 61.6 Å². The number of nitrogens with one attached hydrogen (secondary N) is 1. The quantitative estimate of drug-likeness (QED) is 0.464. The predicted octanol–water partition coefficient (Wildman–Crippen LogP) is 6.01. The van der Waals surface area contributed by atoms with Crippen molar-refractivity contribution in [1.82, 2.24) is 4.90 Å². The Hall–Kier alpha value is -3.58. The first kappa shape index (κ1) is 25.1. The third kappa shape index (κ3) is 5.14. The first-order valence-electron chi connectivity index (χ1n) is 13.0. The molecule has 1 fully saturated rings. The number of carbonyl (C=O) groups is 1. The molecule has 6 nitrogen and oxygen atoms in total. The summed E-state index contributed by atoms with van der Waals surface area (Å²) in [5.41, 5.74) is 6.28. The highest BCUT2D eigenvalue weighted by Crippen LogP contribution is 2.38. The summed E-state index contributed by atoms with van der Waals surface area (Å²) in [5, 5.41) is 3.13. The molecular formula is C30H35FN4O2. The SMILES string of the molecule is COc1cc(F)ccc1N1CCN(C(C)c2cccc3c2N(C(=O)Nc2ccccc2C)CCC3)CC1. The zero-order valence-electron chi connectivity index (χ0n) is 21.8. The van der Waals surface area contributed by atoms with Crippen LogP contribution < -0.4 is 19.9 Å². The lowest BCUT2D eigenvalue weighted by molar-refractivity contribution is 0.198. The third-order valence-corrected chi connectivity index (χ3v) is 7.67. The van der Waals surface area contributed by atoms with Crippen molar-refractivity contribution in [2.24, 2.45) is 0 Å². The van der Waals surface area contributed by atoms with E-state index < -0.39 is 0 Å². The number of hydrogen-bond donors (Lipinski definition) is 1. The molecule has 3 aromatic carbocycles. The van der Waals surface area contributed by atoms with Gasteiger partial charge in [0, 0.05) is 50.5 Å². The van der Waals surface area contributed by atoms with Gasteiger partial charge in [0.15, 0.2) is 0 Å². The van der Waals surface area contributed by atoms with Crippen LogP contribution in [-0.2, 0) is 6.42 Å². The second-order valence-corrected chi connectivity index (χ2v) is 9.87. The summed E-state index contributed by atoms with van der Waals surface area (Å²) < 4.78 is 19.1. The summed E-state index contributed by atoms with van der Waals surface area (Å²) >= 11 is 0. The highest BCUT2D eigenvalue weighted by Gasteiger charge is 2.30. The molecular weight excluding hydrogens is 467 g/mol. The fraction of sp³-hybridized carbons (Fsp3) is 0.367. The molecule has 5 rings (SSSR count). The summed E-state index contributed by atoms with van der Waals surface area (Å²) in [6, 6.07) is 19.1. The van der Waals surface area contributed by atoms with E-state index in [4.69, 9.17) is 4.74 Å². The highest BCUT2D eigenvalue weighted by atomic mass is 19.1. The monoisotopic (exact) mass is 502 g/mol. The van der Waals surface area contributed by atoms with Crippen molar-refractivity contribution in [1.29, 1.82) is 0 Å². The minimum absolute atomic E-state index is 0.0804. The largest absolute Gasteiger partial charge is 0.494 e. The molecule has 1 N–H and O–H groups in total. The van der Waals surface area contributed by atoms with Gasteiger partial charge in [-0.25, -0.2) is 9.18 Å². The van der Waals surface area contributed by atoms with E-state index in [-0.39, 0.29) is 17.9 Å². The number of aryl methyl sites for hydroxylation is 2. The first-order chi connectivity index (χ1) is 18.0. The Kier molecular flexibility index (Phi) is 7.33. The lowest BCUT2D eigenvalue weighted by Gasteiger charge is -2.41. The van der Waals surface area contributed by atoms with Crippen LogP contribution in [0.25, 0.3) is 0 Å². The average molecular weight is 503 g/mol. The smallest absolute Gasteiger partial charge is 0.326 e. The molecule has 2 heterocycles. The lowest BCUT2D eigenvalue weighted by atomic mass is 9.94. The van der Waals surface area contributed by atoms with Crippen molar-refractivity contribution < 1.29 is 13.9 Å². The Morgan fingerprint density at radius 3 is 2.54 bits per heavy atom. The lowest BCUT2D eigenvalue weighted by Crippen LogP contribution is -2.48. The van der Waals surface area contributed by atoms with E-state index in [1.54, 1.807) is 13.2 Å². The van der Waals surface area contributed by atoms with Crippen molar-refractivity contribution >= 4 is 23.1 Å². The predicted molar refractivity (Wildman–Crippen MR) is 147 cm³/mol. The zero-order chi connectivity index (χ0) is 25.9. The number of ether oxygens (including phenoxy) is 1. The number of para-hydroxylation sites is 2. The van der Waals surface area contributed by atoms with Crippen molar-refractivity contribution in [3.05, 3.63) is 83.2 Å². The number of urea groups is 1. The standard InChI is InChI=1S/C30H35FN4O2/c1-21-8-4-5-12-26(21)32-30(36)35-15-7-10-23-9-6-11-25(29(23)35)22(2)33-16-18-34(19-17-33)27-14-13-24(31)20-28(27)37-3/h4-6,8-9,11-14,20,22H,7,10,15-19H2,1-3H3,(H,32,36). The third-order valence-electron chi connectivity index (χ3n) is 7.67.